The van der Waals surface area contributed by atoms with Gasteiger partial charge in [0.2, 0.25) is 0 Å². The molecule has 0 aromatic rings. The van der Waals surface area contributed by atoms with Gasteiger partial charge in [0, 0.05) is 24.5 Å². The zero-order chi connectivity index (χ0) is 11.7. The predicted octanol–water partition coefficient (Wildman–Crippen LogP) is 1.64. The fourth-order valence-electron chi connectivity index (χ4n) is 1.71. The summed E-state index contributed by atoms with van der Waals surface area (Å²) in [4.78, 5) is 0. The Morgan fingerprint density at radius 1 is 1.60 bits per heavy atom. The summed E-state index contributed by atoms with van der Waals surface area (Å²) >= 11 is 0. The van der Waals surface area contributed by atoms with Crippen LogP contribution in [0, 0.1) is 5.41 Å². The largest absolute Gasteiger partial charge is 0.508 e. The van der Waals surface area contributed by atoms with E-state index in [4.69, 9.17) is 10.5 Å². The number of aliphatic hydroxyl groups is 2. The minimum absolute atomic E-state index is 0.0206. The van der Waals surface area contributed by atoms with Crippen LogP contribution in [0.2, 0.25) is 0 Å². The van der Waals surface area contributed by atoms with Gasteiger partial charge in [0.1, 0.15) is 5.76 Å². The molecule has 86 valence electrons. The molecular weight excluding hydrogens is 194 g/mol. The van der Waals surface area contributed by atoms with Crippen LogP contribution in [0.15, 0.2) is 23.7 Å². The van der Waals surface area contributed by atoms with Crippen molar-refractivity contribution in [3.05, 3.63) is 23.7 Å². The lowest BCUT2D eigenvalue weighted by Crippen LogP contribution is -2.54. The first-order valence-electron chi connectivity index (χ1n) is 4.90. The second kappa shape index (κ2) is 3.87. The molecule has 0 saturated carbocycles. The molecule has 0 saturated heterocycles. The zero-order valence-electron chi connectivity index (χ0n) is 9.45. The molecule has 4 N–H and O–H groups in total. The van der Waals surface area contributed by atoms with Crippen molar-refractivity contribution in [1.82, 2.24) is 0 Å². The molecule has 0 spiro atoms. The van der Waals surface area contributed by atoms with Gasteiger partial charge in [-0.05, 0) is 13.0 Å². The van der Waals surface area contributed by atoms with Crippen LogP contribution in [0.25, 0.3) is 0 Å². The van der Waals surface area contributed by atoms with E-state index in [1.165, 1.54) is 6.08 Å². The van der Waals surface area contributed by atoms with Gasteiger partial charge in [0.05, 0.1) is 6.61 Å². The highest BCUT2D eigenvalue weighted by atomic mass is 16.5. The number of ether oxygens (including phenoxy) is 1. The molecule has 0 aliphatic heterocycles. The summed E-state index contributed by atoms with van der Waals surface area (Å²) in [5, 5.41) is 18.8. The normalized spacial score (nSPS) is 30.4. The number of hydrogen-bond acceptors (Lipinski definition) is 4. The third-order valence-corrected chi connectivity index (χ3v) is 3.19. The molecule has 2 unspecified atom stereocenters. The monoisotopic (exact) mass is 213 g/mol. The standard InChI is InChI=1S/C11H19NO3/c1-10(11(2,12)7-15-3)5-4-8(13)9(14)6-10/h4-5,13-14H,6-7,12H2,1-3H3. The lowest BCUT2D eigenvalue weighted by atomic mass is 9.68. The van der Waals surface area contributed by atoms with Gasteiger partial charge in [0.15, 0.2) is 5.76 Å². The van der Waals surface area contributed by atoms with Crippen molar-refractivity contribution >= 4 is 0 Å². The Balaban J connectivity index is 2.92. The van der Waals surface area contributed by atoms with E-state index in [1.54, 1.807) is 7.11 Å². The van der Waals surface area contributed by atoms with Crippen LogP contribution in [-0.2, 0) is 4.74 Å². The number of methoxy groups -OCH3 is 1. The van der Waals surface area contributed by atoms with Crippen LogP contribution in [-0.4, -0.2) is 29.5 Å². The molecule has 1 rings (SSSR count). The second-order valence-electron chi connectivity index (χ2n) is 4.61. The summed E-state index contributed by atoms with van der Waals surface area (Å²) in [6.07, 6.45) is 3.63. The molecule has 1 aliphatic carbocycles. The third kappa shape index (κ3) is 2.16. The average molecular weight is 213 g/mol. The van der Waals surface area contributed by atoms with Crippen LogP contribution in [0.3, 0.4) is 0 Å². The summed E-state index contributed by atoms with van der Waals surface area (Å²) in [6.45, 7) is 4.20. The predicted molar refractivity (Wildman–Crippen MR) is 58.6 cm³/mol. The molecule has 1 aliphatic rings. The van der Waals surface area contributed by atoms with E-state index in [1.807, 2.05) is 19.9 Å². The number of rotatable bonds is 3. The molecule has 0 radical (unpaired) electrons. The van der Waals surface area contributed by atoms with Gasteiger partial charge in [-0.25, -0.2) is 0 Å². The molecule has 0 fully saturated rings. The Kier molecular flexibility index (Phi) is 3.11. The van der Waals surface area contributed by atoms with Gasteiger partial charge in [-0.15, -0.1) is 0 Å². The van der Waals surface area contributed by atoms with E-state index in [2.05, 4.69) is 0 Å². The number of allylic oxidation sites excluding steroid dienone is 2. The van der Waals surface area contributed by atoms with Crippen molar-refractivity contribution in [2.24, 2.45) is 11.1 Å². The Hall–Kier alpha value is -1.00. The van der Waals surface area contributed by atoms with E-state index in [9.17, 15) is 10.2 Å². The maximum Gasteiger partial charge on any atom is 0.152 e. The summed E-state index contributed by atoms with van der Waals surface area (Å²) < 4.78 is 5.07. The number of hydrogen-bond donors (Lipinski definition) is 3. The first-order valence-corrected chi connectivity index (χ1v) is 4.90. The highest BCUT2D eigenvalue weighted by molar-refractivity contribution is 5.27. The second-order valence-corrected chi connectivity index (χ2v) is 4.61. The molecule has 0 aromatic heterocycles. The van der Waals surface area contributed by atoms with Crippen LogP contribution in [0.1, 0.15) is 20.3 Å². The SMILES string of the molecule is COCC(C)(N)C1(C)C=CC(O)=C(O)C1. The van der Waals surface area contributed by atoms with Crippen molar-refractivity contribution in [3.63, 3.8) is 0 Å². The molecule has 0 heterocycles. The van der Waals surface area contributed by atoms with Crippen molar-refractivity contribution < 1.29 is 14.9 Å². The summed E-state index contributed by atoms with van der Waals surface area (Å²) in [6, 6.07) is 0. The Morgan fingerprint density at radius 2 is 2.20 bits per heavy atom. The molecule has 0 aromatic carbocycles. The van der Waals surface area contributed by atoms with Crippen molar-refractivity contribution in [1.29, 1.82) is 0 Å². The zero-order valence-corrected chi connectivity index (χ0v) is 9.45. The van der Waals surface area contributed by atoms with Gasteiger partial charge in [-0.2, -0.15) is 0 Å². The lowest BCUT2D eigenvalue weighted by molar-refractivity contribution is 0.0709. The molecular formula is C11H19NO3. The Bertz CT molecular complexity index is 307. The fraction of sp³-hybridized carbons (Fsp3) is 0.636. The van der Waals surface area contributed by atoms with E-state index in [0.717, 1.165) is 0 Å². The maximum atomic E-state index is 9.53. The molecule has 15 heavy (non-hydrogen) atoms. The highest BCUT2D eigenvalue weighted by Crippen LogP contribution is 2.40. The summed E-state index contributed by atoms with van der Waals surface area (Å²) in [7, 11) is 1.59. The Labute approximate surface area is 90.0 Å². The third-order valence-electron chi connectivity index (χ3n) is 3.19. The number of nitrogens with two attached hydrogens (primary N) is 1. The van der Waals surface area contributed by atoms with E-state index < -0.39 is 11.0 Å². The topological polar surface area (TPSA) is 75.7 Å². The molecule has 0 bridgehead atoms. The van der Waals surface area contributed by atoms with Crippen LogP contribution < -0.4 is 5.73 Å². The lowest BCUT2D eigenvalue weighted by Gasteiger charge is -2.42. The quantitative estimate of drug-likeness (QED) is 0.666. The minimum atomic E-state index is -0.590. The van der Waals surface area contributed by atoms with Crippen molar-refractivity contribution in [2.75, 3.05) is 13.7 Å². The van der Waals surface area contributed by atoms with Crippen LogP contribution >= 0.6 is 0 Å². The van der Waals surface area contributed by atoms with Gasteiger partial charge in [-0.3, -0.25) is 0 Å². The van der Waals surface area contributed by atoms with Crippen LogP contribution in [0.4, 0.5) is 0 Å². The van der Waals surface area contributed by atoms with Crippen molar-refractivity contribution in [2.45, 2.75) is 25.8 Å². The van der Waals surface area contributed by atoms with E-state index in [-0.39, 0.29) is 11.5 Å². The summed E-state index contributed by atoms with van der Waals surface area (Å²) in [5.74, 6) is -0.103. The highest BCUT2D eigenvalue weighted by Gasteiger charge is 2.42. The minimum Gasteiger partial charge on any atom is -0.508 e. The molecule has 4 heteroatoms. The molecule has 4 nitrogen and oxygen atoms in total. The molecule has 0 amide bonds. The first kappa shape index (κ1) is 12.1. The summed E-state index contributed by atoms with van der Waals surface area (Å²) in [5.41, 5.74) is 5.14. The average Bonchev–Trinajstić information content (AvgIpc) is 2.12. The first-order chi connectivity index (χ1) is 6.82. The number of aliphatic hydroxyl groups excluding tert-OH is 2. The van der Waals surface area contributed by atoms with Gasteiger partial charge in [-0.1, -0.05) is 13.0 Å². The van der Waals surface area contributed by atoms with E-state index in [0.29, 0.717) is 13.0 Å². The smallest absolute Gasteiger partial charge is 0.152 e. The maximum absolute atomic E-state index is 9.53. The fourth-order valence-corrected chi connectivity index (χ4v) is 1.71. The molecule has 2 atom stereocenters. The van der Waals surface area contributed by atoms with Crippen LogP contribution in [0.5, 0.6) is 0 Å². The van der Waals surface area contributed by atoms with Gasteiger partial charge >= 0.3 is 0 Å². The Morgan fingerprint density at radius 3 is 2.67 bits per heavy atom. The van der Waals surface area contributed by atoms with Gasteiger partial charge in [0.25, 0.3) is 0 Å². The van der Waals surface area contributed by atoms with E-state index >= 15 is 0 Å². The van der Waals surface area contributed by atoms with Crippen molar-refractivity contribution in [3.8, 4) is 0 Å². The van der Waals surface area contributed by atoms with Gasteiger partial charge < -0.3 is 20.7 Å².